The van der Waals surface area contributed by atoms with E-state index in [9.17, 15) is 19.2 Å². The van der Waals surface area contributed by atoms with Gasteiger partial charge in [-0.3, -0.25) is 14.5 Å². The molecule has 0 saturated carbocycles. The molecule has 0 atom stereocenters. The van der Waals surface area contributed by atoms with Gasteiger partial charge in [0.25, 0.3) is 11.8 Å². The molecule has 2 fully saturated rings. The van der Waals surface area contributed by atoms with Crippen LogP contribution in [0.2, 0.25) is 5.02 Å². The third-order valence-corrected chi connectivity index (χ3v) is 6.17. The zero-order chi connectivity index (χ0) is 25.8. The smallest absolute Gasteiger partial charge is 0.373 e. The summed E-state index contributed by atoms with van der Waals surface area (Å²) in [6.45, 7) is 1.46. The second-order valence-electron chi connectivity index (χ2n) is 7.72. The van der Waals surface area contributed by atoms with Crippen LogP contribution in [-0.2, 0) is 25.6 Å². The minimum Gasteiger partial charge on any atom is -0.482 e. The molecule has 0 spiro atoms. The number of nitrogens with zero attached hydrogens (tertiary/aromatic N) is 2. The number of furan rings is 1. The van der Waals surface area contributed by atoms with Crippen LogP contribution in [0.4, 0.5) is 4.79 Å². The Morgan fingerprint density at radius 3 is 2.69 bits per heavy atom. The lowest BCUT2D eigenvalue weighted by Crippen LogP contribution is -2.43. The van der Waals surface area contributed by atoms with Crippen molar-refractivity contribution in [1.82, 2.24) is 15.1 Å². The average molecular weight is 583 g/mol. The van der Waals surface area contributed by atoms with Gasteiger partial charge in [-0.05, 0) is 46.3 Å². The van der Waals surface area contributed by atoms with E-state index in [0.717, 1.165) is 4.90 Å². The summed E-state index contributed by atoms with van der Waals surface area (Å²) in [6.07, 6.45) is 1.41. The van der Waals surface area contributed by atoms with E-state index in [2.05, 4.69) is 26.0 Å². The van der Waals surface area contributed by atoms with Crippen LogP contribution in [0.3, 0.4) is 0 Å². The van der Waals surface area contributed by atoms with E-state index < -0.39 is 17.9 Å². The first-order valence-corrected chi connectivity index (χ1v) is 11.9. The lowest BCUT2D eigenvalue weighted by atomic mass is 10.1. The van der Waals surface area contributed by atoms with Crippen LogP contribution in [0.1, 0.15) is 21.9 Å². The monoisotopic (exact) mass is 581 g/mol. The number of methoxy groups -OCH3 is 1. The fourth-order valence-corrected chi connectivity index (χ4v) is 4.53. The van der Waals surface area contributed by atoms with Crippen LogP contribution >= 0.6 is 27.5 Å². The van der Waals surface area contributed by atoms with Crippen molar-refractivity contribution in [3.63, 3.8) is 0 Å². The fraction of sp³-hybridized carbons (Fsp3) is 0.304. The van der Waals surface area contributed by atoms with Crippen molar-refractivity contribution < 1.29 is 37.8 Å². The van der Waals surface area contributed by atoms with E-state index in [-0.39, 0.29) is 42.0 Å². The van der Waals surface area contributed by atoms with Gasteiger partial charge in [0.15, 0.2) is 6.61 Å². The third kappa shape index (κ3) is 5.72. The van der Waals surface area contributed by atoms with Gasteiger partial charge in [0.1, 0.15) is 17.2 Å². The fourth-order valence-electron chi connectivity index (χ4n) is 3.58. The zero-order valence-corrected chi connectivity index (χ0v) is 21.4. The lowest BCUT2D eigenvalue weighted by Gasteiger charge is -2.27. The molecule has 3 heterocycles. The second kappa shape index (κ2) is 11.1. The number of imide groups is 1. The van der Waals surface area contributed by atoms with E-state index >= 15 is 0 Å². The first-order chi connectivity index (χ1) is 17.3. The van der Waals surface area contributed by atoms with E-state index in [1.165, 1.54) is 25.3 Å². The van der Waals surface area contributed by atoms with Gasteiger partial charge in [-0.2, -0.15) is 0 Å². The van der Waals surface area contributed by atoms with Gasteiger partial charge >= 0.3 is 12.0 Å². The largest absolute Gasteiger partial charge is 0.482 e. The number of amides is 4. The van der Waals surface area contributed by atoms with Crippen molar-refractivity contribution >= 4 is 57.4 Å². The number of benzene rings is 1. The van der Waals surface area contributed by atoms with Crippen molar-refractivity contribution in [1.29, 1.82) is 0 Å². The van der Waals surface area contributed by atoms with E-state index in [4.69, 9.17) is 25.5 Å². The normalized spacial score (nSPS) is 16.9. The molecule has 2 aliphatic heterocycles. The molecule has 190 valence electrons. The highest BCUT2D eigenvalue weighted by Gasteiger charge is 2.35. The molecule has 2 aliphatic rings. The minimum absolute atomic E-state index is 0.0294. The molecular weight excluding hydrogens is 562 g/mol. The van der Waals surface area contributed by atoms with Crippen LogP contribution in [-0.4, -0.2) is 73.6 Å². The lowest BCUT2D eigenvalue weighted by molar-refractivity contribution is -0.137. The van der Waals surface area contributed by atoms with Gasteiger partial charge in [-0.1, -0.05) is 11.6 Å². The maximum atomic E-state index is 13.0. The van der Waals surface area contributed by atoms with Gasteiger partial charge < -0.3 is 28.8 Å². The number of carbonyl (C=O) groups excluding carboxylic acids is 4. The molecule has 1 aromatic heterocycles. The summed E-state index contributed by atoms with van der Waals surface area (Å²) < 4.78 is 21.5. The number of nitrogens with one attached hydrogen (secondary N) is 1. The summed E-state index contributed by atoms with van der Waals surface area (Å²) in [7, 11) is 1.21. The number of esters is 1. The summed E-state index contributed by atoms with van der Waals surface area (Å²) in [5, 5.41) is 2.86. The quantitative estimate of drug-likeness (QED) is 0.300. The molecule has 1 aromatic carbocycles. The van der Waals surface area contributed by atoms with Crippen molar-refractivity contribution in [3.05, 3.63) is 56.5 Å². The molecule has 1 N–H and O–H groups in total. The van der Waals surface area contributed by atoms with Crippen LogP contribution in [0.15, 0.2) is 38.9 Å². The number of urea groups is 1. The molecule has 0 bridgehead atoms. The number of carbonyl (C=O) groups is 4. The molecule has 4 rings (SSSR count). The SMILES string of the molecule is COC(=O)c1ccc(CN2C(=O)N/C(=C\c3cc(Cl)cc(Br)c3OCC(=O)N3CCOCC3)C2=O)o1. The summed E-state index contributed by atoms with van der Waals surface area (Å²) in [5.74, 6) is -1.06. The molecule has 2 saturated heterocycles. The Kier molecular flexibility index (Phi) is 7.97. The molecule has 0 radical (unpaired) electrons. The van der Waals surface area contributed by atoms with Crippen LogP contribution in [0.25, 0.3) is 6.08 Å². The van der Waals surface area contributed by atoms with Gasteiger partial charge in [0, 0.05) is 23.7 Å². The highest BCUT2D eigenvalue weighted by atomic mass is 79.9. The Balaban J connectivity index is 1.51. The van der Waals surface area contributed by atoms with E-state index in [0.29, 0.717) is 41.4 Å². The molecule has 13 heteroatoms. The molecule has 0 aliphatic carbocycles. The van der Waals surface area contributed by atoms with Crippen molar-refractivity contribution in [2.45, 2.75) is 6.54 Å². The zero-order valence-electron chi connectivity index (χ0n) is 19.0. The Labute approximate surface area is 219 Å². The van der Waals surface area contributed by atoms with Gasteiger partial charge in [0.05, 0.1) is 31.3 Å². The molecule has 4 amide bonds. The van der Waals surface area contributed by atoms with Crippen molar-refractivity contribution in [2.75, 3.05) is 40.0 Å². The summed E-state index contributed by atoms with van der Waals surface area (Å²) in [4.78, 5) is 52.1. The highest BCUT2D eigenvalue weighted by Crippen LogP contribution is 2.35. The van der Waals surface area contributed by atoms with Crippen molar-refractivity contribution in [2.24, 2.45) is 0 Å². The van der Waals surface area contributed by atoms with E-state index in [1.807, 2.05) is 0 Å². The predicted octanol–water partition coefficient (Wildman–Crippen LogP) is 2.81. The number of halogens is 2. The minimum atomic E-state index is -0.676. The number of ether oxygens (including phenoxy) is 3. The summed E-state index contributed by atoms with van der Waals surface area (Å²) in [5.41, 5.74) is 0.346. The average Bonchev–Trinajstić information content (AvgIpc) is 3.43. The Hall–Kier alpha value is -3.35. The number of morpholine rings is 1. The Morgan fingerprint density at radius 1 is 1.22 bits per heavy atom. The second-order valence-corrected chi connectivity index (χ2v) is 9.02. The maximum absolute atomic E-state index is 13.0. The standard InChI is InChI=1S/C23H21BrClN3O8/c1-33-22(31)18-3-2-15(36-18)11-28-21(30)17(26-23(28)32)9-13-8-14(25)10-16(24)20(13)35-12-19(29)27-4-6-34-7-5-27/h2-3,8-10H,4-7,11-12H2,1H3,(H,26,32)/b17-9-. The third-order valence-electron chi connectivity index (χ3n) is 5.37. The Bertz CT molecular complexity index is 1240. The number of rotatable bonds is 7. The number of hydrogen-bond donors (Lipinski definition) is 1. The number of hydrogen-bond acceptors (Lipinski definition) is 8. The Morgan fingerprint density at radius 2 is 1.97 bits per heavy atom. The predicted molar refractivity (Wildman–Crippen MR) is 129 cm³/mol. The van der Waals surface area contributed by atoms with Gasteiger partial charge in [-0.25, -0.2) is 9.59 Å². The first-order valence-electron chi connectivity index (χ1n) is 10.8. The molecule has 2 aromatic rings. The summed E-state index contributed by atoms with van der Waals surface area (Å²) in [6, 6.07) is 5.33. The highest BCUT2D eigenvalue weighted by molar-refractivity contribution is 9.10. The van der Waals surface area contributed by atoms with E-state index in [1.54, 1.807) is 17.0 Å². The van der Waals surface area contributed by atoms with Crippen LogP contribution in [0.5, 0.6) is 5.75 Å². The maximum Gasteiger partial charge on any atom is 0.373 e. The summed E-state index contributed by atoms with van der Waals surface area (Å²) >= 11 is 9.58. The molecule has 36 heavy (non-hydrogen) atoms. The van der Waals surface area contributed by atoms with Crippen LogP contribution in [0, 0.1) is 0 Å². The molecular formula is C23H21BrClN3O8. The van der Waals surface area contributed by atoms with Gasteiger partial charge in [0.2, 0.25) is 5.76 Å². The van der Waals surface area contributed by atoms with Crippen LogP contribution < -0.4 is 10.1 Å². The topological polar surface area (TPSA) is 128 Å². The first kappa shape index (κ1) is 25.7. The molecule has 11 nitrogen and oxygen atoms in total. The molecule has 0 unspecified atom stereocenters. The van der Waals surface area contributed by atoms with Gasteiger partial charge in [-0.15, -0.1) is 0 Å². The van der Waals surface area contributed by atoms with Crippen molar-refractivity contribution in [3.8, 4) is 5.75 Å².